The van der Waals surface area contributed by atoms with Crippen LogP contribution in [0.2, 0.25) is 0 Å². The summed E-state index contributed by atoms with van der Waals surface area (Å²) < 4.78 is 0. The Hall–Kier alpha value is -2.36. The largest absolute Gasteiger partial charge is 0.331 e. The van der Waals surface area contributed by atoms with Crippen molar-refractivity contribution in [2.24, 2.45) is 0 Å². The molecule has 2 rings (SSSR count). The number of pyridine rings is 1. The molecule has 1 atom stereocenters. The Morgan fingerprint density at radius 1 is 1.25 bits per heavy atom. The zero-order valence-corrected chi connectivity index (χ0v) is 11.8. The maximum atomic E-state index is 11.9. The van der Waals surface area contributed by atoms with E-state index in [1.165, 1.54) is 5.56 Å². The van der Waals surface area contributed by atoms with Crippen LogP contribution in [0.1, 0.15) is 31.0 Å². The lowest BCUT2D eigenvalue weighted by Gasteiger charge is -2.14. The highest BCUT2D eigenvalue weighted by molar-refractivity contribution is 5.89. The molecule has 0 saturated heterocycles. The number of rotatable bonds is 4. The fraction of sp³-hybridized carbons (Fsp3) is 0.250. The van der Waals surface area contributed by atoms with E-state index in [-0.39, 0.29) is 12.1 Å². The Balaban J connectivity index is 1.91. The molecule has 0 aliphatic carbocycles. The lowest BCUT2D eigenvalue weighted by molar-refractivity contribution is 0.249. The number of nitrogens with zero attached hydrogens (tertiary/aromatic N) is 1. The van der Waals surface area contributed by atoms with Crippen molar-refractivity contribution >= 4 is 11.7 Å². The van der Waals surface area contributed by atoms with Gasteiger partial charge in [0.2, 0.25) is 0 Å². The molecular formula is C16H19N3O. The third-order valence-electron chi connectivity index (χ3n) is 3.15. The van der Waals surface area contributed by atoms with Gasteiger partial charge in [0.15, 0.2) is 0 Å². The Morgan fingerprint density at radius 2 is 2.00 bits per heavy atom. The van der Waals surface area contributed by atoms with Crippen molar-refractivity contribution in [3.63, 3.8) is 0 Å². The number of benzene rings is 1. The summed E-state index contributed by atoms with van der Waals surface area (Å²) in [5.41, 5.74) is 3.02. The monoisotopic (exact) mass is 269 g/mol. The van der Waals surface area contributed by atoms with Crippen LogP contribution in [0.4, 0.5) is 10.5 Å². The average Bonchev–Trinajstić information content (AvgIpc) is 2.49. The molecule has 104 valence electrons. The van der Waals surface area contributed by atoms with Gasteiger partial charge in [0.25, 0.3) is 0 Å². The molecule has 4 heteroatoms. The average molecular weight is 269 g/mol. The third-order valence-corrected chi connectivity index (χ3v) is 3.15. The number of hydrogen-bond donors (Lipinski definition) is 2. The Labute approximate surface area is 119 Å². The molecule has 0 aliphatic heterocycles. The number of aryl methyl sites for hydroxylation is 1. The van der Waals surface area contributed by atoms with Crippen molar-refractivity contribution in [2.75, 3.05) is 5.32 Å². The van der Waals surface area contributed by atoms with Crippen molar-refractivity contribution in [1.82, 2.24) is 10.3 Å². The highest BCUT2D eigenvalue weighted by atomic mass is 16.2. The first-order chi connectivity index (χ1) is 9.69. The molecule has 0 saturated carbocycles. The molecular weight excluding hydrogens is 250 g/mol. The smallest absolute Gasteiger partial charge is 0.319 e. The maximum Gasteiger partial charge on any atom is 0.319 e. The maximum absolute atomic E-state index is 11.9. The van der Waals surface area contributed by atoms with Gasteiger partial charge in [-0.1, -0.05) is 25.1 Å². The van der Waals surface area contributed by atoms with Crippen LogP contribution in [0.25, 0.3) is 0 Å². The van der Waals surface area contributed by atoms with E-state index in [4.69, 9.17) is 0 Å². The molecule has 20 heavy (non-hydrogen) atoms. The van der Waals surface area contributed by atoms with E-state index in [1.54, 1.807) is 12.4 Å². The van der Waals surface area contributed by atoms with Crippen molar-refractivity contribution in [3.8, 4) is 0 Å². The van der Waals surface area contributed by atoms with Gasteiger partial charge in [-0.05, 0) is 42.7 Å². The number of carbonyl (C=O) groups is 1. The van der Waals surface area contributed by atoms with E-state index >= 15 is 0 Å². The van der Waals surface area contributed by atoms with Crippen LogP contribution < -0.4 is 10.6 Å². The summed E-state index contributed by atoms with van der Waals surface area (Å²) in [6.07, 6.45) is 4.46. The van der Waals surface area contributed by atoms with Gasteiger partial charge in [-0.15, -0.1) is 0 Å². The predicted molar refractivity (Wildman–Crippen MR) is 80.6 cm³/mol. The summed E-state index contributed by atoms with van der Waals surface area (Å²) in [6.45, 7) is 4.03. The molecule has 0 spiro atoms. The van der Waals surface area contributed by atoms with E-state index in [2.05, 4.69) is 22.5 Å². The highest BCUT2D eigenvalue weighted by Crippen LogP contribution is 2.12. The zero-order chi connectivity index (χ0) is 14.4. The van der Waals surface area contributed by atoms with Gasteiger partial charge in [-0.25, -0.2) is 4.79 Å². The Morgan fingerprint density at radius 3 is 2.60 bits per heavy atom. The molecule has 1 aromatic carbocycles. The number of urea groups is 1. The number of nitrogens with one attached hydrogen (secondary N) is 2. The minimum absolute atomic E-state index is 0.0846. The van der Waals surface area contributed by atoms with Crippen LogP contribution in [-0.4, -0.2) is 11.0 Å². The predicted octanol–water partition coefficient (Wildman–Crippen LogP) is 3.53. The van der Waals surface area contributed by atoms with Crippen LogP contribution >= 0.6 is 0 Å². The van der Waals surface area contributed by atoms with Gasteiger partial charge >= 0.3 is 6.03 Å². The molecule has 2 amide bonds. The zero-order valence-electron chi connectivity index (χ0n) is 11.8. The first-order valence-corrected chi connectivity index (χ1v) is 6.75. The third kappa shape index (κ3) is 3.82. The molecule has 0 unspecified atom stereocenters. The van der Waals surface area contributed by atoms with Gasteiger partial charge in [-0.3, -0.25) is 4.98 Å². The van der Waals surface area contributed by atoms with Crippen LogP contribution in [0.15, 0.2) is 48.8 Å². The molecule has 0 fully saturated rings. The fourth-order valence-electron chi connectivity index (χ4n) is 1.90. The number of aromatic nitrogens is 1. The Bertz CT molecular complexity index is 552. The molecule has 2 N–H and O–H groups in total. The van der Waals surface area contributed by atoms with Gasteiger partial charge in [-0.2, -0.15) is 0 Å². The number of hydrogen-bond acceptors (Lipinski definition) is 2. The van der Waals surface area contributed by atoms with Crippen LogP contribution in [0.3, 0.4) is 0 Å². The van der Waals surface area contributed by atoms with E-state index in [0.29, 0.717) is 0 Å². The highest BCUT2D eigenvalue weighted by Gasteiger charge is 2.09. The van der Waals surface area contributed by atoms with E-state index in [9.17, 15) is 4.79 Å². The number of amides is 2. The lowest BCUT2D eigenvalue weighted by Crippen LogP contribution is -2.31. The normalized spacial score (nSPS) is 11.7. The summed E-state index contributed by atoms with van der Waals surface area (Å²) in [5.74, 6) is 0. The summed E-state index contributed by atoms with van der Waals surface area (Å²) in [5, 5.41) is 5.71. The van der Waals surface area contributed by atoms with Crippen molar-refractivity contribution in [2.45, 2.75) is 26.3 Å². The minimum Gasteiger partial charge on any atom is -0.331 e. The number of carbonyl (C=O) groups excluding carboxylic acids is 1. The standard InChI is InChI=1S/C16H19N3O/c1-3-13-6-8-15(9-7-13)19-16(20)18-12(2)14-5-4-10-17-11-14/h4-12H,3H2,1-2H3,(H2,18,19,20)/t12-/m1/s1. The van der Waals surface area contributed by atoms with E-state index in [0.717, 1.165) is 17.7 Å². The van der Waals surface area contributed by atoms with Crippen molar-refractivity contribution in [1.29, 1.82) is 0 Å². The summed E-state index contributed by atoms with van der Waals surface area (Å²) in [6, 6.07) is 11.3. The quantitative estimate of drug-likeness (QED) is 0.892. The molecule has 4 nitrogen and oxygen atoms in total. The topological polar surface area (TPSA) is 54.0 Å². The van der Waals surface area contributed by atoms with Crippen molar-refractivity contribution < 1.29 is 4.79 Å². The minimum atomic E-state index is -0.217. The fourth-order valence-corrected chi connectivity index (χ4v) is 1.90. The SMILES string of the molecule is CCc1ccc(NC(=O)N[C@H](C)c2cccnc2)cc1. The molecule has 0 aliphatic rings. The van der Waals surface area contributed by atoms with Crippen LogP contribution in [0.5, 0.6) is 0 Å². The van der Waals surface area contributed by atoms with Gasteiger partial charge < -0.3 is 10.6 Å². The second kappa shape index (κ2) is 6.70. The Kier molecular flexibility index (Phi) is 4.71. The summed E-state index contributed by atoms with van der Waals surface area (Å²) >= 11 is 0. The first kappa shape index (κ1) is 14.1. The summed E-state index contributed by atoms with van der Waals surface area (Å²) in [7, 11) is 0. The summed E-state index contributed by atoms with van der Waals surface area (Å²) in [4.78, 5) is 16.0. The van der Waals surface area contributed by atoms with E-state index in [1.807, 2.05) is 43.3 Å². The van der Waals surface area contributed by atoms with Crippen LogP contribution in [-0.2, 0) is 6.42 Å². The molecule has 2 aromatic rings. The lowest BCUT2D eigenvalue weighted by atomic mass is 10.1. The first-order valence-electron chi connectivity index (χ1n) is 6.75. The molecule has 0 bridgehead atoms. The second-order valence-electron chi connectivity index (χ2n) is 4.66. The second-order valence-corrected chi connectivity index (χ2v) is 4.66. The molecule has 1 heterocycles. The van der Waals surface area contributed by atoms with Crippen molar-refractivity contribution in [3.05, 3.63) is 59.9 Å². The molecule has 0 radical (unpaired) electrons. The number of anilines is 1. The van der Waals surface area contributed by atoms with E-state index < -0.39 is 0 Å². The van der Waals surface area contributed by atoms with Gasteiger partial charge in [0, 0.05) is 18.1 Å². The molecule has 1 aromatic heterocycles. The van der Waals surface area contributed by atoms with Crippen LogP contribution in [0, 0.1) is 0 Å². The van der Waals surface area contributed by atoms with Gasteiger partial charge in [0.1, 0.15) is 0 Å². The van der Waals surface area contributed by atoms with Gasteiger partial charge in [0.05, 0.1) is 6.04 Å².